The van der Waals surface area contributed by atoms with Gasteiger partial charge in [0.15, 0.2) is 0 Å². The molecule has 1 aromatic rings. The number of hydrogen-bond acceptors (Lipinski definition) is 1. The SMILES string of the molecule is CC/C=C(/C)C[C@H](C)c1c(F)cc(CCCCC)cc1OC(C)(C)C. The van der Waals surface area contributed by atoms with E-state index in [1.165, 1.54) is 18.4 Å². The molecule has 1 atom stereocenters. The summed E-state index contributed by atoms with van der Waals surface area (Å²) in [6.07, 6.45) is 8.45. The molecule has 142 valence electrons. The van der Waals surface area contributed by atoms with Crippen LogP contribution < -0.4 is 4.74 Å². The Morgan fingerprint density at radius 2 is 1.88 bits per heavy atom. The average molecular weight is 349 g/mol. The molecule has 0 radical (unpaired) electrons. The van der Waals surface area contributed by atoms with Crippen molar-refractivity contribution in [3.63, 3.8) is 0 Å². The van der Waals surface area contributed by atoms with Gasteiger partial charge >= 0.3 is 0 Å². The molecule has 0 aliphatic heterocycles. The first-order valence-corrected chi connectivity index (χ1v) is 9.84. The van der Waals surface area contributed by atoms with Gasteiger partial charge in [-0.05, 0) is 77.0 Å². The fourth-order valence-corrected chi connectivity index (χ4v) is 3.28. The predicted molar refractivity (Wildman–Crippen MR) is 107 cm³/mol. The van der Waals surface area contributed by atoms with Crippen LogP contribution in [-0.2, 0) is 6.42 Å². The molecule has 0 spiro atoms. The van der Waals surface area contributed by atoms with Gasteiger partial charge in [0, 0.05) is 5.56 Å². The lowest BCUT2D eigenvalue weighted by molar-refractivity contribution is 0.128. The molecule has 1 rings (SSSR count). The van der Waals surface area contributed by atoms with Crippen LogP contribution in [0, 0.1) is 5.82 Å². The lowest BCUT2D eigenvalue weighted by Crippen LogP contribution is -2.24. The maximum Gasteiger partial charge on any atom is 0.130 e. The van der Waals surface area contributed by atoms with Crippen molar-refractivity contribution >= 4 is 0 Å². The summed E-state index contributed by atoms with van der Waals surface area (Å²) in [4.78, 5) is 0. The first kappa shape index (κ1) is 21.7. The summed E-state index contributed by atoms with van der Waals surface area (Å²) in [7, 11) is 0. The van der Waals surface area contributed by atoms with Gasteiger partial charge in [0.2, 0.25) is 0 Å². The molecule has 2 heteroatoms. The molecule has 0 saturated heterocycles. The highest BCUT2D eigenvalue weighted by atomic mass is 19.1. The molecule has 0 saturated carbocycles. The Balaban J connectivity index is 3.17. The zero-order chi connectivity index (χ0) is 19.0. The predicted octanol–water partition coefficient (Wildman–Crippen LogP) is 7.59. The van der Waals surface area contributed by atoms with Crippen molar-refractivity contribution < 1.29 is 9.13 Å². The van der Waals surface area contributed by atoms with Crippen LogP contribution in [-0.4, -0.2) is 5.60 Å². The third kappa shape index (κ3) is 7.63. The second-order valence-electron chi connectivity index (χ2n) is 8.22. The van der Waals surface area contributed by atoms with Gasteiger partial charge in [0.1, 0.15) is 17.2 Å². The molecule has 0 fully saturated rings. The molecular weight excluding hydrogens is 311 g/mol. The molecule has 0 aromatic heterocycles. The number of rotatable bonds is 9. The molecule has 0 amide bonds. The zero-order valence-corrected chi connectivity index (χ0v) is 17.3. The summed E-state index contributed by atoms with van der Waals surface area (Å²) in [5.41, 5.74) is 2.74. The smallest absolute Gasteiger partial charge is 0.130 e. The van der Waals surface area contributed by atoms with E-state index in [0.29, 0.717) is 0 Å². The fraction of sp³-hybridized carbons (Fsp3) is 0.652. The standard InChI is InChI=1S/C23H37FO/c1-8-10-11-13-19-15-20(24)22(18(4)14-17(3)12-9-2)21(16-19)25-23(5,6)7/h12,15-16,18H,8-11,13-14H2,1-7H3/b17-12-/t18-/m0/s1. The van der Waals surface area contributed by atoms with E-state index in [2.05, 4.69) is 39.8 Å². The van der Waals surface area contributed by atoms with E-state index in [0.717, 1.165) is 42.6 Å². The lowest BCUT2D eigenvalue weighted by atomic mass is 9.91. The molecule has 0 bridgehead atoms. The number of allylic oxidation sites excluding steroid dienone is 2. The Bertz CT molecular complexity index is 566. The quantitative estimate of drug-likeness (QED) is 0.330. The highest BCUT2D eigenvalue weighted by Crippen LogP contribution is 2.36. The highest BCUT2D eigenvalue weighted by Gasteiger charge is 2.22. The number of halogens is 1. The molecule has 0 heterocycles. The van der Waals surface area contributed by atoms with Gasteiger partial charge in [-0.3, -0.25) is 0 Å². The highest BCUT2D eigenvalue weighted by molar-refractivity contribution is 5.42. The summed E-state index contributed by atoms with van der Waals surface area (Å²) in [6, 6.07) is 3.78. The van der Waals surface area contributed by atoms with Crippen LogP contribution in [0.2, 0.25) is 0 Å². The van der Waals surface area contributed by atoms with Crippen molar-refractivity contribution in [2.45, 2.75) is 98.5 Å². The van der Waals surface area contributed by atoms with E-state index in [1.807, 2.05) is 20.8 Å². The summed E-state index contributed by atoms with van der Waals surface area (Å²) < 4.78 is 21.1. The van der Waals surface area contributed by atoms with E-state index in [-0.39, 0.29) is 17.3 Å². The van der Waals surface area contributed by atoms with Gasteiger partial charge in [-0.25, -0.2) is 4.39 Å². The normalized spacial score (nSPS) is 13.8. The van der Waals surface area contributed by atoms with Gasteiger partial charge in [-0.15, -0.1) is 0 Å². The van der Waals surface area contributed by atoms with Gasteiger partial charge in [-0.2, -0.15) is 0 Å². The van der Waals surface area contributed by atoms with Crippen LogP contribution in [0.25, 0.3) is 0 Å². The minimum atomic E-state index is -0.336. The van der Waals surface area contributed by atoms with Crippen molar-refractivity contribution in [3.05, 3.63) is 40.7 Å². The largest absolute Gasteiger partial charge is 0.488 e. The fourth-order valence-electron chi connectivity index (χ4n) is 3.28. The Hall–Kier alpha value is -1.31. The second-order valence-corrected chi connectivity index (χ2v) is 8.22. The number of aryl methyl sites for hydroxylation is 1. The Kier molecular flexibility index (Phi) is 8.68. The summed E-state index contributed by atoms with van der Waals surface area (Å²) in [6.45, 7) is 14.6. The van der Waals surface area contributed by atoms with Crippen molar-refractivity contribution in [3.8, 4) is 5.75 Å². The van der Waals surface area contributed by atoms with E-state index in [9.17, 15) is 4.39 Å². The lowest BCUT2D eigenvalue weighted by Gasteiger charge is -2.26. The molecule has 0 aliphatic rings. The van der Waals surface area contributed by atoms with E-state index in [4.69, 9.17) is 4.74 Å². The van der Waals surface area contributed by atoms with Gasteiger partial charge in [0.25, 0.3) is 0 Å². The van der Waals surface area contributed by atoms with Gasteiger partial charge in [0.05, 0.1) is 0 Å². The average Bonchev–Trinajstić information content (AvgIpc) is 2.45. The topological polar surface area (TPSA) is 9.23 Å². The van der Waals surface area contributed by atoms with Crippen LogP contribution in [0.5, 0.6) is 5.75 Å². The third-order valence-corrected chi connectivity index (χ3v) is 4.31. The van der Waals surface area contributed by atoms with Crippen LogP contribution in [0.4, 0.5) is 4.39 Å². The minimum absolute atomic E-state index is 0.102. The molecule has 0 aliphatic carbocycles. The molecular formula is C23H37FO. The zero-order valence-electron chi connectivity index (χ0n) is 17.3. The number of hydrogen-bond donors (Lipinski definition) is 0. The molecule has 0 N–H and O–H groups in total. The molecule has 25 heavy (non-hydrogen) atoms. The number of unbranched alkanes of at least 4 members (excludes halogenated alkanes) is 2. The number of benzene rings is 1. The van der Waals surface area contributed by atoms with Crippen molar-refractivity contribution in [2.75, 3.05) is 0 Å². The second kappa shape index (κ2) is 9.99. The molecule has 1 aromatic carbocycles. The maximum atomic E-state index is 15.0. The maximum absolute atomic E-state index is 15.0. The van der Waals surface area contributed by atoms with Gasteiger partial charge < -0.3 is 4.74 Å². The summed E-state index contributed by atoms with van der Waals surface area (Å²) in [5.74, 6) is 0.700. The Morgan fingerprint density at radius 3 is 2.44 bits per heavy atom. The van der Waals surface area contributed by atoms with Crippen LogP contribution in [0.15, 0.2) is 23.8 Å². The number of ether oxygens (including phenoxy) is 1. The van der Waals surface area contributed by atoms with Crippen molar-refractivity contribution in [1.29, 1.82) is 0 Å². The van der Waals surface area contributed by atoms with Gasteiger partial charge in [-0.1, -0.05) is 45.3 Å². The molecule has 0 unspecified atom stereocenters. The van der Waals surface area contributed by atoms with Crippen LogP contribution in [0.1, 0.15) is 97.6 Å². The minimum Gasteiger partial charge on any atom is -0.488 e. The molecule has 1 nitrogen and oxygen atoms in total. The first-order valence-electron chi connectivity index (χ1n) is 9.84. The van der Waals surface area contributed by atoms with Crippen LogP contribution in [0.3, 0.4) is 0 Å². The van der Waals surface area contributed by atoms with E-state index >= 15 is 0 Å². The summed E-state index contributed by atoms with van der Waals surface area (Å²) in [5, 5.41) is 0. The Morgan fingerprint density at radius 1 is 1.20 bits per heavy atom. The first-order chi connectivity index (χ1) is 11.7. The monoisotopic (exact) mass is 348 g/mol. The third-order valence-electron chi connectivity index (χ3n) is 4.31. The van der Waals surface area contributed by atoms with E-state index in [1.54, 1.807) is 6.07 Å². The summed E-state index contributed by atoms with van der Waals surface area (Å²) >= 11 is 0. The van der Waals surface area contributed by atoms with Crippen molar-refractivity contribution in [2.24, 2.45) is 0 Å². The van der Waals surface area contributed by atoms with Crippen LogP contribution >= 0.6 is 0 Å². The van der Waals surface area contributed by atoms with E-state index < -0.39 is 0 Å². The van der Waals surface area contributed by atoms with Crippen molar-refractivity contribution in [1.82, 2.24) is 0 Å². The Labute approximate surface area is 154 Å².